The van der Waals surface area contributed by atoms with Crippen molar-refractivity contribution in [2.45, 2.75) is 46.1 Å². The van der Waals surface area contributed by atoms with Gasteiger partial charge in [-0.05, 0) is 45.7 Å². The number of carbonyl (C=O) groups excluding carboxylic acids is 2. The first-order valence-electron chi connectivity index (χ1n) is 10.3. The third kappa shape index (κ3) is 5.58. The molecule has 162 valence electrons. The van der Waals surface area contributed by atoms with Gasteiger partial charge in [-0.3, -0.25) is 9.59 Å². The highest BCUT2D eigenvalue weighted by molar-refractivity contribution is 7.15. The van der Waals surface area contributed by atoms with Crippen LogP contribution in [-0.2, 0) is 9.59 Å². The van der Waals surface area contributed by atoms with Crippen molar-refractivity contribution in [2.24, 2.45) is 0 Å². The number of amides is 2. The third-order valence-electron chi connectivity index (χ3n) is 5.17. The number of benzene rings is 2. The van der Waals surface area contributed by atoms with Crippen molar-refractivity contribution in [2.75, 3.05) is 11.9 Å². The number of anilines is 1. The molecule has 0 atom stereocenters. The Balaban J connectivity index is 1.90. The van der Waals surface area contributed by atoms with E-state index in [1.807, 2.05) is 95.3 Å². The average Bonchev–Trinajstić information content (AvgIpc) is 3.03. The van der Waals surface area contributed by atoms with Crippen molar-refractivity contribution in [1.82, 2.24) is 9.88 Å². The van der Waals surface area contributed by atoms with E-state index < -0.39 is 11.5 Å². The van der Waals surface area contributed by atoms with Crippen LogP contribution in [0.25, 0.3) is 0 Å². The Morgan fingerprint density at radius 2 is 1.48 bits per heavy atom. The Morgan fingerprint density at radius 1 is 0.968 bits per heavy atom. The number of nitrogens with one attached hydrogen (secondary N) is 1. The van der Waals surface area contributed by atoms with Crippen LogP contribution in [0.3, 0.4) is 0 Å². The number of carbonyl (C=O) groups is 2. The zero-order valence-electron chi connectivity index (χ0n) is 18.7. The minimum absolute atomic E-state index is 0.0455. The van der Waals surface area contributed by atoms with Crippen LogP contribution in [0, 0.1) is 13.8 Å². The Hall–Kier alpha value is -2.99. The Kier molecular flexibility index (Phi) is 6.91. The summed E-state index contributed by atoms with van der Waals surface area (Å²) in [4.78, 5) is 33.8. The molecule has 0 saturated carbocycles. The molecule has 0 unspecified atom stereocenters. The van der Waals surface area contributed by atoms with Gasteiger partial charge < -0.3 is 10.2 Å². The van der Waals surface area contributed by atoms with E-state index in [9.17, 15) is 9.59 Å². The van der Waals surface area contributed by atoms with Crippen LogP contribution in [0.15, 0.2) is 60.7 Å². The average molecular weight is 436 g/mol. The molecule has 6 heteroatoms. The molecule has 1 aromatic heterocycles. The van der Waals surface area contributed by atoms with Gasteiger partial charge in [0.25, 0.3) is 0 Å². The van der Waals surface area contributed by atoms with Crippen LogP contribution in [0.2, 0.25) is 0 Å². The Morgan fingerprint density at radius 3 is 1.90 bits per heavy atom. The number of thiazole rings is 1. The lowest BCUT2D eigenvalue weighted by Gasteiger charge is -2.37. The first-order valence-corrected chi connectivity index (χ1v) is 11.1. The highest BCUT2D eigenvalue weighted by Crippen LogP contribution is 2.30. The van der Waals surface area contributed by atoms with Crippen molar-refractivity contribution in [1.29, 1.82) is 0 Å². The van der Waals surface area contributed by atoms with Gasteiger partial charge in [0.1, 0.15) is 6.54 Å². The van der Waals surface area contributed by atoms with Gasteiger partial charge >= 0.3 is 0 Å². The molecule has 1 N–H and O–H groups in total. The molecule has 1 heterocycles. The van der Waals surface area contributed by atoms with Gasteiger partial charge in [-0.25, -0.2) is 4.98 Å². The van der Waals surface area contributed by atoms with Gasteiger partial charge in [0.05, 0.1) is 11.6 Å². The molecular weight excluding hydrogens is 406 g/mol. The highest BCUT2D eigenvalue weighted by Gasteiger charge is 2.35. The summed E-state index contributed by atoms with van der Waals surface area (Å²) in [6, 6.07) is 19.4. The van der Waals surface area contributed by atoms with Gasteiger partial charge in [-0.2, -0.15) is 0 Å². The predicted molar refractivity (Wildman–Crippen MR) is 126 cm³/mol. The van der Waals surface area contributed by atoms with Gasteiger partial charge in [-0.1, -0.05) is 60.7 Å². The molecule has 0 fully saturated rings. The molecule has 5 nitrogen and oxygen atoms in total. The number of hydrogen-bond donors (Lipinski definition) is 1. The molecular formula is C25H29N3O2S. The standard InChI is InChI=1S/C25H29N3O2S/c1-17-18(2)31-24(26-17)27-21(29)16-28(25(3,4)5)23(30)22(19-12-8-6-9-13-19)20-14-10-7-11-15-20/h6-15,22H,16H2,1-5H3,(H,26,27,29). The van der Waals surface area contributed by atoms with Crippen LogP contribution in [0.4, 0.5) is 5.13 Å². The fourth-order valence-corrected chi connectivity index (χ4v) is 4.23. The molecule has 0 aliphatic heterocycles. The molecule has 2 aromatic carbocycles. The highest BCUT2D eigenvalue weighted by atomic mass is 32.1. The summed E-state index contributed by atoms with van der Waals surface area (Å²) < 4.78 is 0. The Bertz CT molecular complexity index is 981. The summed E-state index contributed by atoms with van der Waals surface area (Å²) in [6.07, 6.45) is 0. The number of aryl methyl sites for hydroxylation is 2. The molecule has 0 spiro atoms. The van der Waals surface area contributed by atoms with E-state index >= 15 is 0 Å². The molecule has 3 aromatic rings. The van der Waals surface area contributed by atoms with E-state index in [1.54, 1.807) is 4.90 Å². The molecule has 0 saturated heterocycles. The van der Waals surface area contributed by atoms with Crippen molar-refractivity contribution in [3.63, 3.8) is 0 Å². The fourth-order valence-electron chi connectivity index (χ4n) is 3.40. The molecule has 3 rings (SSSR count). The molecule has 31 heavy (non-hydrogen) atoms. The maximum Gasteiger partial charge on any atom is 0.245 e. The summed E-state index contributed by atoms with van der Waals surface area (Å²) in [5.41, 5.74) is 2.17. The van der Waals surface area contributed by atoms with E-state index in [0.717, 1.165) is 21.7 Å². The SMILES string of the molecule is Cc1nc(NC(=O)CN(C(=O)C(c2ccccc2)c2ccccc2)C(C)(C)C)sc1C. The quantitative estimate of drug-likeness (QED) is 0.582. The summed E-state index contributed by atoms with van der Waals surface area (Å²) in [5.74, 6) is -0.845. The van der Waals surface area contributed by atoms with E-state index in [2.05, 4.69) is 10.3 Å². The second-order valence-electron chi connectivity index (χ2n) is 8.56. The minimum Gasteiger partial charge on any atom is -0.328 e. The van der Waals surface area contributed by atoms with Crippen molar-refractivity contribution in [3.05, 3.63) is 82.4 Å². The van der Waals surface area contributed by atoms with Gasteiger partial charge in [0.2, 0.25) is 11.8 Å². The topological polar surface area (TPSA) is 62.3 Å². The van der Waals surface area contributed by atoms with E-state index in [0.29, 0.717) is 5.13 Å². The largest absolute Gasteiger partial charge is 0.328 e. The molecule has 0 aliphatic rings. The predicted octanol–water partition coefficient (Wildman–Crippen LogP) is 5.16. The van der Waals surface area contributed by atoms with E-state index in [-0.39, 0.29) is 18.4 Å². The van der Waals surface area contributed by atoms with Crippen LogP contribution < -0.4 is 5.32 Å². The fraction of sp³-hybridized carbons (Fsp3) is 0.320. The second kappa shape index (κ2) is 9.43. The zero-order chi connectivity index (χ0) is 22.6. The van der Waals surface area contributed by atoms with Crippen molar-refractivity contribution in [3.8, 4) is 0 Å². The summed E-state index contributed by atoms with van der Waals surface area (Å²) in [6.45, 7) is 9.68. The number of aromatic nitrogens is 1. The second-order valence-corrected chi connectivity index (χ2v) is 9.76. The van der Waals surface area contributed by atoms with Crippen molar-refractivity contribution < 1.29 is 9.59 Å². The van der Waals surface area contributed by atoms with E-state index in [1.165, 1.54) is 11.3 Å². The van der Waals surface area contributed by atoms with Crippen LogP contribution in [0.5, 0.6) is 0 Å². The summed E-state index contributed by atoms with van der Waals surface area (Å²) in [7, 11) is 0. The van der Waals surface area contributed by atoms with E-state index in [4.69, 9.17) is 0 Å². The van der Waals surface area contributed by atoms with Crippen LogP contribution in [0.1, 0.15) is 48.4 Å². The lowest BCUT2D eigenvalue weighted by atomic mass is 9.88. The molecule has 2 amide bonds. The summed E-state index contributed by atoms with van der Waals surface area (Å²) >= 11 is 1.44. The monoisotopic (exact) mass is 435 g/mol. The molecule has 0 bridgehead atoms. The smallest absolute Gasteiger partial charge is 0.245 e. The lowest BCUT2D eigenvalue weighted by molar-refractivity contribution is -0.140. The third-order valence-corrected chi connectivity index (χ3v) is 6.15. The maximum atomic E-state index is 13.9. The first-order chi connectivity index (χ1) is 14.7. The maximum absolute atomic E-state index is 13.9. The minimum atomic E-state index is -0.537. The van der Waals surface area contributed by atoms with Crippen LogP contribution in [-0.4, -0.2) is 33.8 Å². The number of nitrogens with zero attached hydrogens (tertiary/aromatic N) is 2. The van der Waals surface area contributed by atoms with Gasteiger partial charge in [0, 0.05) is 10.4 Å². The Labute approximate surface area is 188 Å². The number of rotatable bonds is 6. The van der Waals surface area contributed by atoms with Gasteiger partial charge in [0.15, 0.2) is 5.13 Å². The zero-order valence-corrected chi connectivity index (χ0v) is 19.5. The lowest BCUT2D eigenvalue weighted by Crippen LogP contribution is -2.51. The van der Waals surface area contributed by atoms with Crippen molar-refractivity contribution >= 4 is 28.3 Å². The first kappa shape index (κ1) is 22.7. The molecule has 0 aliphatic carbocycles. The van der Waals surface area contributed by atoms with Gasteiger partial charge in [-0.15, -0.1) is 11.3 Å². The summed E-state index contributed by atoms with van der Waals surface area (Å²) in [5, 5.41) is 3.41. The normalized spacial score (nSPS) is 11.4. The van der Waals surface area contributed by atoms with Crippen LogP contribution >= 0.6 is 11.3 Å². The molecule has 0 radical (unpaired) electrons. The number of hydrogen-bond acceptors (Lipinski definition) is 4.